The minimum Gasteiger partial charge on any atom is -0.349 e. The fourth-order valence-corrected chi connectivity index (χ4v) is 4.28. The van der Waals surface area contributed by atoms with Crippen LogP contribution >= 0.6 is 23.5 Å². The monoisotopic (exact) mass is 332 g/mol. The number of hydrogen-bond acceptors (Lipinski definition) is 4. The maximum atomic E-state index is 12.1. The van der Waals surface area contributed by atoms with Crippen molar-refractivity contribution in [3.63, 3.8) is 0 Å². The molecule has 22 heavy (non-hydrogen) atoms. The summed E-state index contributed by atoms with van der Waals surface area (Å²) >= 11 is 3.47. The number of hydrogen-bond donors (Lipinski definition) is 0. The average Bonchev–Trinajstić information content (AvgIpc) is 2.90. The molecule has 1 aromatic carbocycles. The lowest BCUT2D eigenvalue weighted by atomic mass is 10.0. The first-order chi connectivity index (χ1) is 10.6. The van der Waals surface area contributed by atoms with E-state index in [-0.39, 0.29) is 5.91 Å². The van der Waals surface area contributed by atoms with Crippen LogP contribution in [0, 0.1) is 0 Å². The van der Waals surface area contributed by atoms with Crippen LogP contribution < -0.4 is 0 Å². The standard InChI is InChI=1S/C17H20N2OS2/c1-12(2)14-5-3-13(4-6-14)11-15-16(20)18-17(22-15)19-7-9-21-10-8-19/h3-6,11-12H,7-10H2,1-2H3/b15-11-. The molecule has 116 valence electrons. The summed E-state index contributed by atoms with van der Waals surface area (Å²) in [5, 5.41) is 0.871. The van der Waals surface area contributed by atoms with Gasteiger partial charge in [0.25, 0.3) is 5.91 Å². The number of aliphatic imine (C=N–C) groups is 1. The van der Waals surface area contributed by atoms with E-state index >= 15 is 0 Å². The zero-order valence-corrected chi connectivity index (χ0v) is 14.5. The lowest BCUT2D eigenvalue weighted by Crippen LogP contribution is -2.35. The molecule has 2 heterocycles. The molecule has 3 nitrogen and oxygen atoms in total. The van der Waals surface area contributed by atoms with Gasteiger partial charge in [-0.3, -0.25) is 4.79 Å². The molecule has 0 radical (unpaired) electrons. The molecule has 3 rings (SSSR count). The third kappa shape index (κ3) is 3.58. The average molecular weight is 332 g/mol. The molecule has 0 aliphatic carbocycles. The number of rotatable bonds is 2. The van der Waals surface area contributed by atoms with Gasteiger partial charge in [0.2, 0.25) is 0 Å². The van der Waals surface area contributed by atoms with Gasteiger partial charge in [-0.15, -0.1) is 0 Å². The second-order valence-corrected chi connectivity index (χ2v) is 7.96. The van der Waals surface area contributed by atoms with Crippen molar-refractivity contribution in [1.29, 1.82) is 0 Å². The van der Waals surface area contributed by atoms with Gasteiger partial charge in [0.05, 0.1) is 4.91 Å². The van der Waals surface area contributed by atoms with E-state index in [1.807, 2.05) is 17.8 Å². The molecule has 0 spiro atoms. The Hall–Kier alpha value is -1.20. The van der Waals surface area contributed by atoms with Crippen LogP contribution in [0.1, 0.15) is 30.9 Å². The van der Waals surface area contributed by atoms with E-state index in [1.54, 1.807) is 0 Å². The van der Waals surface area contributed by atoms with Crippen LogP contribution in [0.25, 0.3) is 6.08 Å². The van der Waals surface area contributed by atoms with Gasteiger partial charge in [0.15, 0.2) is 5.17 Å². The Morgan fingerprint density at radius 1 is 1.18 bits per heavy atom. The van der Waals surface area contributed by atoms with Gasteiger partial charge in [-0.2, -0.15) is 16.8 Å². The van der Waals surface area contributed by atoms with Crippen molar-refractivity contribution in [2.24, 2.45) is 4.99 Å². The van der Waals surface area contributed by atoms with Crippen LogP contribution in [0.5, 0.6) is 0 Å². The third-order valence-corrected chi connectivity index (χ3v) is 5.78. The molecule has 0 N–H and O–H groups in total. The Balaban J connectivity index is 1.71. The summed E-state index contributed by atoms with van der Waals surface area (Å²) in [6.07, 6.45) is 1.95. The fourth-order valence-electron chi connectivity index (χ4n) is 2.42. The van der Waals surface area contributed by atoms with Crippen molar-refractivity contribution in [3.8, 4) is 0 Å². The summed E-state index contributed by atoms with van der Waals surface area (Å²) in [5.41, 5.74) is 2.38. The molecule has 2 aliphatic heterocycles. The first-order valence-electron chi connectivity index (χ1n) is 7.59. The molecule has 2 aliphatic rings. The summed E-state index contributed by atoms with van der Waals surface area (Å²) in [7, 11) is 0. The lowest BCUT2D eigenvalue weighted by Gasteiger charge is -2.26. The molecule has 0 atom stereocenters. The molecule has 1 aromatic rings. The van der Waals surface area contributed by atoms with Crippen LogP contribution in [0.2, 0.25) is 0 Å². The van der Waals surface area contributed by atoms with Gasteiger partial charge < -0.3 is 4.90 Å². The molecule has 1 saturated heterocycles. The molecule has 1 amide bonds. The largest absolute Gasteiger partial charge is 0.349 e. The maximum absolute atomic E-state index is 12.1. The van der Waals surface area contributed by atoms with E-state index in [0.717, 1.165) is 40.2 Å². The summed E-state index contributed by atoms with van der Waals surface area (Å²) in [4.78, 5) is 19.3. The number of carbonyl (C=O) groups excluding carboxylic acids is 1. The Labute approximate surface area is 140 Å². The van der Waals surface area contributed by atoms with Gasteiger partial charge in [-0.05, 0) is 34.9 Å². The smallest absolute Gasteiger partial charge is 0.286 e. The minimum absolute atomic E-state index is 0.105. The van der Waals surface area contributed by atoms with E-state index in [1.165, 1.54) is 17.3 Å². The number of benzene rings is 1. The van der Waals surface area contributed by atoms with Crippen molar-refractivity contribution in [3.05, 3.63) is 40.3 Å². The summed E-state index contributed by atoms with van der Waals surface area (Å²) < 4.78 is 0. The van der Waals surface area contributed by atoms with E-state index in [2.05, 4.69) is 48.0 Å². The van der Waals surface area contributed by atoms with Crippen LogP contribution in [0.4, 0.5) is 0 Å². The van der Waals surface area contributed by atoms with Crippen molar-refractivity contribution < 1.29 is 4.79 Å². The van der Waals surface area contributed by atoms with Gasteiger partial charge in [0, 0.05) is 24.6 Å². The summed E-state index contributed by atoms with van der Waals surface area (Å²) in [6.45, 7) is 6.34. The molecule has 5 heteroatoms. The topological polar surface area (TPSA) is 32.7 Å². The molecule has 1 fully saturated rings. The first-order valence-corrected chi connectivity index (χ1v) is 9.56. The predicted octanol–water partition coefficient (Wildman–Crippen LogP) is 3.83. The second kappa shape index (κ2) is 6.92. The molecule has 0 bridgehead atoms. The van der Waals surface area contributed by atoms with E-state index in [9.17, 15) is 4.79 Å². The van der Waals surface area contributed by atoms with Crippen LogP contribution in [-0.2, 0) is 4.79 Å². The third-order valence-electron chi connectivity index (χ3n) is 3.79. The van der Waals surface area contributed by atoms with Crippen LogP contribution in [0.15, 0.2) is 34.2 Å². The van der Waals surface area contributed by atoms with Crippen LogP contribution in [-0.4, -0.2) is 40.6 Å². The number of nitrogens with zero attached hydrogens (tertiary/aromatic N) is 2. The van der Waals surface area contributed by atoms with Crippen molar-refractivity contribution >= 4 is 40.7 Å². The molecule has 0 saturated carbocycles. The van der Waals surface area contributed by atoms with Crippen molar-refractivity contribution in [1.82, 2.24) is 4.90 Å². The minimum atomic E-state index is -0.105. The molecule has 0 aromatic heterocycles. The Bertz CT molecular complexity index is 614. The number of thioether (sulfide) groups is 2. The van der Waals surface area contributed by atoms with Crippen LogP contribution in [0.3, 0.4) is 0 Å². The summed E-state index contributed by atoms with van der Waals surface area (Å²) in [6, 6.07) is 8.41. The van der Waals surface area contributed by atoms with Gasteiger partial charge >= 0.3 is 0 Å². The number of amides is 1. The SMILES string of the molecule is CC(C)c1ccc(/C=C2\SC(N3CCSCC3)=NC2=O)cc1. The van der Waals surface area contributed by atoms with Gasteiger partial charge in [-0.25, -0.2) is 0 Å². The van der Waals surface area contributed by atoms with Crippen molar-refractivity contribution in [2.75, 3.05) is 24.6 Å². The van der Waals surface area contributed by atoms with Crippen molar-refractivity contribution in [2.45, 2.75) is 19.8 Å². The highest BCUT2D eigenvalue weighted by atomic mass is 32.2. The van der Waals surface area contributed by atoms with E-state index in [0.29, 0.717) is 5.92 Å². The second-order valence-electron chi connectivity index (χ2n) is 5.73. The van der Waals surface area contributed by atoms with E-state index in [4.69, 9.17) is 0 Å². The zero-order valence-electron chi connectivity index (χ0n) is 12.9. The quantitative estimate of drug-likeness (QED) is 0.771. The highest BCUT2D eigenvalue weighted by molar-refractivity contribution is 8.18. The lowest BCUT2D eigenvalue weighted by molar-refractivity contribution is -0.113. The number of amidine groups is 1. The fraction of sp³-hybridized carbons (Fsp3) is 0.412. The molecular formula is C17H20N2OS2. The van der Waals surface area contributed by atoms with E-state index < -0.39 is 0 Å². The summed E-state index contributed by atoms with van der Waals surface area (Å²) in [5.74, 6) is 2.65. The molecule has 0 unspecified atom stereocenters. The zero-order chi connectivity index (χ0) is 15.5. The first kappa shape index (κ1) is 15.7. The predicted molar refractivity (Wildman–Crippen MR) is 97.4 cm³/mol. The normalized spacial score (nSPS) is 20.9. The van der Waals surface area contributed by atoms with Gasteiger partial charge in [-0.1, -0.05) is 38.1 Å². The molecular weight excluding hydrogens is 312 g/mol. The highest BCUT2D eigenvalue weighted by Crippen LogP contribution is 2.31. The highest BCUT2D eigenvalue weighted by Gasteiger charge is 2.26. The van der Waals surface area contributed by atoms with Gasteiger partial charge in [0.1, 0.15) is 0 Å². The maximum Gasteiger partial charge on any atom is 0.286 e. The Kier molecular flexibility index (Phi) is 4.93. The number of carbonyl (C=O) groups is 1. The Morgan fingerprint density at radius 2 is 1.86 bits per heavy atom. The Morgan fingerprint density at radius 3 is 2.50 bits per heavy atom.